The van der Waals surface area contributed by atoms with E-state index in [9.17, 15) is 0 Å². The van der Waals surface area contributed by atoms with E-state index in [1.54, 1.807) is 0 Å². The van der Waals surface area contributed by atoms with Crippen molar-refractivity contribution in [2.24, 2.45) is 13.0 Å². The number of nitrogens with zero attached hydrogens (tertiary/aromatic N) is 2. The van der Waals surface area contributed by atoms with Gasteiger partial charge in [0.2, 0.25) is 0 Å². The van der Waals surface area contributed by atoms with Gasteiger partial charge in [-0.3, -0.25) is 4.68 Å². The Balaban J connectivity index is 2.64. The van der Waals surface area contributed by atoms with Crippen molar-refractivity contribution in [2.45, 2.75) is 39.0 Å². The molecular weight excluding hydrogens is 196 g/mol. The van der Waals surface area contributed by atoms with E-state index >= 15 is 0 Å². The van der Waals surface area contributed by atoms with Gasteiger partial charge in [-0.15, -0.1) is 11.6 Å². The van der Waals surface area contributed by atoms with Crippen molar-refractivity contribution in [2.75, 3.05) is 0 Å². The molecule has 1 aromatic rings. The van der Waals surface area contributed by atoms with Gasteiger partial charge in [0.25, 0.3) is 0 Å². The zero-order valence-corrected chi connectivity index (χ0v) is 10.2. The number of aryl methyl sites for hydroxylation is 2. The molecule has 1 heterocycles. The van der Waals surface area contributed by atoms with Gasteiger partial charge in [-0.1, -0.05) is 13.8 Å². The van der Waals surface area contributed by atoms with Crippen LogP contribution in [0.3, 0.4) is 0 Å². The zero-order chi connectivity index (χ0) is 10.7. The fraction of sp³-hybridized carbons (Fsp3) is 0.727. The summed E-state index contributed by atoms with van der Waals surface area (Å²) in [6, 6.07) is 2.13. The summed E-state index contributed by atoms with van der Waals surface area (Å²) >= 11 is 6.20. The van der Waals surface area contributed by atoms with E-state index in [0.717, 1.165) is 18.5 Å². The zero-order valence-electron chi connectivity index (χ0n) is 9.42. The van der Waals surface area contributed by atoms with Crippen LogP contribution in [-0.4, -0.2) is 15.2 Å². The van der Waals surface area contributed by atoms with Crippen LogP contribution in [0.5, 0.6) is 0 Å². The molecule has 0 saturated carbocycles. The van der Waals surface area contributed by atoms with Crippen molar-refractivity contribution in [1.82, 2.24) is 9.78 Å². The van der Waals surface area contributed by atoms with Crippen LogP contribution >= 0.6 is 11.6 Å². The Morgan fingerprint density at radius 1 is 1.57 bits per heavy atom. The average Bonchev–Trinajstić information content (AvgIpc) is 2.44. The molecule has 2 atom stereocenters. The third-order valence-electron chi connectivity index (χ3n) is 2.64. The molecule has 0 amide bonds. The van der Waals surface area contributed by atoms with E-state index in [1.165, 1.54) is 5.69 Å². The number of hydrogen-bond acceptors (Lipinski definition) is 1. The maximum atomic E-state index is 6.20. The van der Waals surface area contributed by atoms with Gasteiger partial charge in [0.1, 0.15) is 0 Å². The molecule has 2 unspecified atom stereocenters. The molecule has 0 aliphatic heterocycles. The first kappa shape index (κ1) is 11.6. The lowest BCUT2D eigenvalue weighted by atomic mass is 9.99. The van der Waals surface area contributed by atoms with Crippen LogP contribution in [0.1, 0.15) is 31.7 Å². The van der Waals surface area contributed by atoms with Crippen molar-refractivity contribution >= 4 is 11.6 Å². The Morgan fingerprint density at radius 3 is 2.64 bits per heavy atom. The minimum absolute atomic E-state index is 0.269. The van der Waals surface area contributed by atoms with Crippen LogP contribution in [0.2, 0.25) is 0 Å². The fourth-order valence-corrected chi connectivity index (χ4v) is 1.80. The third kappa shape index (κ3) is 2.74. The monoisotopic (exact) mass is 214 g/mol. The molecule has 2 nitrogen and oxygen atoms in total. The minimum Gasteiger partial charge on any atom is -0.272 e. The predicted molar refractivity (Wildman–Crippen MR) is 60.7 cm³/mol. The summed E-state index contributed by atoms with van der Waals surface area (Å²) in [6.07, 6.45) is 2.04. The molecule has 0 bridgehead atoms. The summed E-state index contributed by atoms with van der Waals surface area (Å²) in [5, 5.41) is 4.59. The molecular formula is C11H19ClN2. The highest BCUT2D eigenvalue weighted by molar-refractivity contribution is 6.20. The largest absolute Gasteiger partial charge is 0.272 e. The van der Waals surface area contributed by atoms with Gasteiger partial charge >= 0.3 is 0 Å². The number of rotatable bonds is 4. The van der Waals surface area contributed by atoms with Crippen molar-refractivity contribution in [3.05, 3.63) is 17.5 Å². The highest BCUT2D eigenvalue weighted by Gasteiger charge is 2.14. The van der Waals surface area contributed by atoms with E-state index < -0.39 is 0 Å². The van der Waals surface area contributed by atoms with Gasteiger partial charge in [0, 0.05) is 18.1 Å². The van der Waals surface area contributed by atoms with Crippen molar-refractivity contribution in [1.29, 1.82) is 0 Å². The van der Waals surface area contributed by atoms with Gasteiger partial charge in [0.15, 0.2) is 0 Å². The highest BCUT2D eigenvalue weighted by Crippen LogP contribution is 2.19. The van der Waals surface area contributed by atoms with Crippen LogP contribution in [0.15, 0.2) is 6.07 Å². The molecule has 0 saturated heterocycles. The minimum atomic E-state index is 0.269. The number of hydrogen-bond donors (Lipinski definition) is 0. The van der Waals surface area contributed by atoms with Gasteiger partial charge in [-0.25, -0.2) is 0 Å². The Bertz CT molecular complexity index is 293. The fourth-order valence-electron chi connectivity index (χ4n) is 1.72. The van der Waals surface area contributed by atoms with Crippen LogP contribution in [0.4, 0.5) is 0 Å². The molecule has 0 fully saturated rings. The second-order valence-corrected chi connectivity index (χ2v) is 4.57. The lowest BCUT2D eigenvalue weighted by molar-refractivity contribution is 0.510. The highest BCUT2D eigenvalue weighted by atomic mass is 35.5. The summed E-state index contributed by atoms with van der Waals surface area (Å²) in [7, 11) is 1.99. The maximum absolute atomic E-state index is 6.20. The Kier molecular flexibility index (Phi) is 3.99. The predicted octanol–water partition coefficient (Wildman–Crippen LogP) is 2.92. The maximum Gasteiger partial charge on any atom is 0.0596 e. The molecule has 0 aromatic carbocycles. The van der Waals surface area contributed by atoms with Crippen LogP contribution in [0, 0.1) is 12.8 Å². The number of alkyl halides is 1. The van der Waals surface area contributed by atoms with E-state index in [0.29, 0.717) is 5.92 Å². The summed E-state index contributed by atoms with van der Waals surface area (Å²) in [4.78, 5) is 0. The molecule has 0 radical (unpaired) electrons. The second-order valence-electron chi connectivity index (χ2n) is 4.01. The normalized spacial score (nSPS) is 15.5. The lowest BCUT2D eigenvalue weighted by Gasteiger charge is -2.15. The van der Waals surface area contributed by atoms with E-state index in [4.69, 9.17) is 11.6 Å². The molecule has 1 aromatic heterocycles. The Labute approximate surface area is 91.3 Å². The van der Waals surface area contributed by atoms with Gasteiger partial charge in [0.05, 0.1) is 5.69 Å². The van der Waals surface area contributed by atoms with Gasteiger partial charge in [-0.05, 0) is 31.7 Å². The third-order valence-corrected chi connectivity index (χ3v) is 3.38. The Hall–Kier alpha value is -0.500. The van der Waals surface area contributed by atoms with E-state index in [1.807, 2.05) is 18.7 Å². The molecule has 1 rings (SSSR count). The number of aromatic nitrogens is 2. The summed E-state index contributed by atoms with van der Waals surface area (Å²) in [6.45, 7) is 6.35. The van der Waals surface area contributed by atoms with Crippen molar-refractivity contribution in [3.63, 3.8) is 0 Å². The van der Waals surface area contributed by atoms with Gasteiger partial charge in [-0.2, -0.15) is 5.10 Å². The topological polar surface area (TPSA) is 17.8 Å². The standard InChI is InChI=1S/C11H19ClN2/c1-5-11(12)8(2)6-10-7-9(3)13-14(10)4/h7-8,11H,5-6H2,1-4H3. The average molecular weight is 215 g/mol. The molecule has 0 aliphatic rings. The van der Waals surface area contributed by atoms with Gasteiger partial charge < -0.3 is 0 Å². The molecule has 3 heteroatoms. The molecule has 0 aliphatic carbocycles. The first-order valence-electron chi connectivity index (χ1n) is 5.18. The van der Waals surface area contributed by atoms with Crippen molar-refractivity contribution in [3.8, 4) is 0 Å². The summed E-state index contributed by atoms with van der Waals surface area (Å²) < 4.78 is 1.95. The van der Waals surface area contributed by atoms with Crippen molar-refractivity contribution < 1.29 is 0 Å². The van der Waals surface area contributed by atoms with Crippen LogP contribution in [-0.2, 0) is 13.5 Å². The van der Waals surface area contributed by atoms with Crippen LogP contribution in [0.25, 0.3) is 0 Å². The molecule has 14 heavy (non-hydrogen) atoms. The lowest BCUT2D eigenvalue weighted by Crippen LogP contribution is -2.14. The second kappa shape index (κ2) is 4.83. The Morgan fingerprint density at radius 2 is 2.21 bits per heavy atom. The first-order valence-corrected chi connectivity index (χ1v) is 5.61. The smallest absolute Gasteiger partial charge is 0.0596 e. The van der Waals surface area contributed by atoms with E-state index in [2.05, 4.69) is 25.0 Å². The summed E-state index contributed by atoms with van der Waals surface area (Å²) in [5.41, 5.74) is 2.35. The SMILES string of the molecule is CCC(Cl)C(C)Cc1cc(C)nn1C. The first-order chi connectivity index (χ1) is 6.54. The molecule has 0 spiro atoms. The molecule has 80 valence electrons. The molecule has 0 N–H and O–H groups in total. The van der Waals surface area contributed by atoms with E-state index in [-0.39, 0.29) is 5.38 Å². The summed E-state index contributed by atoms with van der Waals surface area (Å²) in [5.74, 6) is 0.511. The number of halogens is 1. The van der Waals surface area contributed by atoms with Crippen LogP contribution < -0.4 is 0 Å². The quantitative estimate of drug-likeness (QED) is 0.705.